The van der Waals surface area contributed by atoms with Gasteiger partial charge in [0.25, 0.3) is 5.91 Å². The number of aromatic nitrogens is 1. The van der Waals surface area contributed by atoms with Gasteiger partial charge in [-0.05, 0) is 26.7 Å². The minimum Gasteiger partial charge on any atom is -0.481 e. The van der Waals surface area contributed by atoms with Gasteiger partial charge in [0.1, 0.15) is 5.69 Å². The molecule has 6 heteroatoms. The zero-order valence-electron chi connectivity index (χ0n) is 11.1. The number of aryl methyl sites for hydroxylation is 1. The van der Waals surface area contributed by atoms with Crippen molar-refractivity contribution in [3.05, 3.63) is 16.1 Å². The van der Waals surface area contributed by atoms with Crippen molar-refractivity contribution < 1.29 is 14.7 Å². The van der Waals surface area contributed by atoms with Crippen molar-refractivity contribution in [3.63, 3.8) is 0 Å². The number of rotatable bonds is 3. The summed E-state index contributed by atoms with van der Waals surface area (Å²) < 4.78 is 0. The van der Waals surface area contributed by atoms with Crippen LogP contribution in [0.15, 0.2) is 5.38 Å². The van der Waals surface area contributed by atoms with E-state index in [0.29, 0.717) is 18.5 Å². The Morgan fingerprint density at radius 1 is 1.53 bits per heavy atom. The molecule has 1 amide bonds. The van der Waals surface area contributed by atoms with E-state index >= 15 is 0 Å². The number of carboxylic acids is 1. The third kappa shape index (κ3) is 2.78. The summed E-state index contributed by atoms with van der Waals surface area (Å²) in [5.74, 6) is -1.12. The molecule has 5 nitrogen and oxygen atoms in total. The van der Waals surface area contributed by atoms with Crippen LogP contribution in [0.5, 0.6) is 0 Å². The molecule has 1 aromatic rings. The highest BCUT2D eigenvalue weighted by atomic mass is 32.1. The highest BCUT2D eigenvalue weighted by molar-refractivity contribution is 7.09. The van der Waals surface area contributed by atoms with E-state index in [0.717, 1.165) is 17.8 Å². The van der Waals surface area contributed by atoms with Crippen LogP contribution in [0.2, 0.25) is 0 Å². The molecule has 104 valence electrons. The van der Waals surface area contributed by atoms with Crippen LogP contribution < -0.4 is 5.32 Å². The average molecular weight is 282 g/mol. The Hall–Kier alpha value is -1.43. The lowest BCUT2D eigenvalue weighted by Gasteiger charge is -2.38. The zero-order valence-corrected chi connectivity index (χ0v) is 11.9. The van der Waals surface area contributed by atoms with E-state index in [-0.39, 0.29) is 11.9 Å². The molecule has 2 atom stereocenters. The summed E-state index contributed by atoms with van der Waals surface area (Å²) in [6, 6.07) is -0.326. The van der Waals surface area contributed by atoms with Crippen molar-refractivity contribution in [2.75, 3.05) is 0 Å². The van der Waals surface area contributed by atoms with Gasteiger partial charge in [0.2, 0.25) is 0 Å². The number of aliphatic carboxylic acids is 1. The van der Waals surface area contributed by atoms with Crippen molar-refractivity contribution in [2.45, 2.75) is 45.6 Å². The van der Waals surface area contributed by atoms with Gasteiger partial charge in [0, 0.05) is 11.4 Å². The predicted octanol–water partition coefficient (Wildman–Crippen LogP) is 2.21. The second-order valence-electron chi connectivity index (χ2n) is 5.25. The minimum absolute atomic E-state index is 0.274. The number of carbonyl (C=O) groups is 2. The molecule has 1 aromatic heterocycles. The first-order valence-electron chi connectivity index (χ1n) is 6.40. The number of hydrogen-bond acceptors (Lipinski definition) is 4. The first-order valence-corrected chi connectivity index (χ1v) is 7.28. The molecular weight excluding hydrogens is 264 g/mol. The molecule has 1 heterocycles. The number of carbonyl (C=O) groups excluding carboxylic acids is 1. The molecule has 0 aliphatic heterocycles. The fraction of sp³-hybridized carbons (Fsp3) is 0.615. The molecule has 1 aliphatic carbocycles. The standard InChI is InChI=1S/C13H18N2O3S/c1-8-14-9(7-19-8)11(16)15-10-5-3-4-6-13(10,2)12(17)18/h7,10H,3-6H2,1-2H3,(H,15,16)(H,17,18). The van der Waals surface area contributed by atoms with Crippen LogP contribution in [0.1, 0.15) is 48.1 Å². The number of thiazole rings is 1. The summed E-state index contributed by atoms with van der Waals surface area (Å²) in [7, 11) is 0. The van der Waals surface area contributed by atoms with Gasteiger partial charge in [-0.25, -0.2) is 4.98 Å². The van der Waals surface area contributed by atoms with Crippen molar-refractivity contribution in [2.24, 2.45) is 5.41 Å². The highest BCUT2D eigenvalue weighted by Gasteiger charge is 2.44. The Bertz CT molecular complexity index is 500. The van der Waals surface area contributed by atoms with Crippen LogP contribution in [0.3, 0.4) is 0 Å². The summed E-state index contributed by atoms with van der Waals surface area (Å²) in [6.45, 7) is 3.55. The maximum Gasteiger partial charge on any atom is 0.311 e. The van der Waals surface area contributed by atoms with Crippen molar-refractivity contribution in [3.8, 4) is 0 Å². The Morgan fingerprint density at radius 3 is 2.84 bits per heavy atom. The van der Waals surface area contributed by atoms with E-state index in [9.17, 15) is 14.7 Å². The van der Waals surface area contributed by atoms with E-state index < -0.39 is 11.4 Å². The van der Waals surface area contributed by atoms with E-state index in [1.807, 2.05) is 6.92 Å². The molecule has 0 bridgehead atoms. The number of carboxylic acid groups (broad SMARTS) is 1. The van der Waals surface area contributed by atoms with Crippen molar-refractivity contribution in [1.29, 1.82) is 0 Å². The maximum atomic E-state index is 12.1. The van der Waals surface area contributed by atoms with Gasteiger partial charge in [-0.1, -0.05) is 12.8 Å². The summed E-state index contributed by atoms with van der Waals surface area (Å²) in [5, 5.41) is 14.8. The lowest BCUT2D eigenvalue weighted by Crippen LogP contribution is -2.52. The quantitative estimate of drug-likeness (QED) is 0.891. The van der Waals surface area contributed by atoms with Crippen LogP contribution in [-0.2, 0) is 4.79 Å². The summed E-state index contributed by atoms with van der Waals surface area (Å²) in [5.41, 5.74) is -0.500. The fourth-order valence-corrected chi connectivity index (χ4v) is 3.11. The van der Waals surface area contributed by atoms with E-state index in [2.05, 4.69) is 10.3 Å². The highest BCUT2D eigenvalue weighted by Crippen LogP contribution is 2.36. The summed E-state index contributed by atoms with van der Waals surface area (Å²) >= 11 is 1.41. The molecule has 2 unspecified atom stereocenters. The fourth-order valence-electron chi connectivity index (χ4n) is 2.52. The third-order valence-electron chi connectivity index (χ3n) is 3.85. The number of hydrogen-bond donors (Lipinski definition) is 2. The molecule has 2 rings (SSSR count). The predicted molar refractivity (Wildman–Crippen MR) is 72.3 cm³/mol. The Kier molecular flexibility index (Phi) is 3.89. The third-order valence-corrected chi connectivity index (χ3v) is 4.63. The first kappa shape index (κ1) is 14.0. The molecule has 19 heavy (non-hydrogen) atoms. The van der Waals surface area contributed by atoms with Gasteiger partial charge >= 0.3 is 5.97 Å². The lowest BCUT2D eigenvalue weighted by molar-refractivity contribution is -0.151. The largest absolute Gasteiger partial charge is 0.481 e. The van der Waals surface area contributed by atoms with E-state index in [4.69, 9.17) is 0 Å². The van der Waals surface area contributed by atoms with Gasteiger partial charge in [-0.15, -0.1) is 11.3 Å². The smallest absolute Gasteiger partial charge is 0.311 e. The average Bonchev–Trinajstić information content (AvgIpc) is 2.79. The number of amides is 1. The van der Waals surface area contributed by atoms with Gasteiger partial charge in [-0.2, -0.15) is 0 Å². The minimum atomic E-state index is -0.876. The molecule has 1 fully saturated rings. The second-order valence-corrected chi connectivity index (χ2v) is 6.31. The molecule has 1 saturated carbocycles. The van der Waals surface area contributed by atoms with Gasteiger partial charge in [0.15, 0.2) is 0 Å². The van der Waals surface area contributed by atoms with Crippen LogP contribution in [0, 0.1) is 12.3 Å². The van der Waals surface area contributed by atoms with Gasteiger partial charge in [0.05, 0.1) is 10.4 Å². The molecular formula is C13H18N2O3S. The van der Waals surface area contributed by atoms with Crippen LogP contribution in [0.25, 0.3) is 0 Å². The first-order chi connectivity index (χ1) is 8.93. The SMILES string of the molecule is Cc1nc(C(=O)NC2CCCCC2(C)C(=O)O)cs1. The van der Waals surface area contributed by atoms with Crippen LogP contribution >= 0.6 is 11.3 Å². The molecule has 1 aliphatic rings. The Balaban J connectivity index is 2.12. The number of nitrogens with zero attached hydrogens (tertiary/aromatic N) is 1. The Labute approximate surface area is 116 Å². The van der Waals surface area contributed by atoms with Gasteiger partial charge < -0.3 is 10.4 Å². The molecule has 0 saturated heterocycles. The molecule has 0 spiro atoms. The summed E-state index contributed by atoms with van der Waals surface area (Å²) in [6.07, 6.45) is 3.15. The topological polar surface area (TPSA) is 79.3 Å². The van der Waals surface area contributed by atoms with Crippen LogP contribution in [-0.4, -0.2) is 28.0 Å². The molecule has 0 radical (unpaired) electrons. The van der Waals surface area contributed by atoms with Gasteiger partial charge in [-0.3, -0.25) is 9.59 Å². The van der Waals surface area contributed by atoms with Crippen molar-refractivity contribution >= 4 is 23.2 Å². The maximum absolute atomic E-state index is 12.1. The summed E-state index contributed by atoms with van der Waals surface area (Å²) in [4.78, 5) is 27.6. The molecule has 0 aromatic carbocycles. The normalized spacial score (nSPS) is 26.9. The monoisotopic (exact) mass is 282 g/mol. The van der Waals surface area contributed by atoms with Crippen molar-refractivity contribution in [1.82, 2.24) is 10.3 Å². The van der Waals surface area contributed by atoms with E-state index in [1.165, 1.54) is 11.3 Å². The number of nitrogens with one attached hydrogen (secondary N) is 1. The van der Waals surface area contributed by atoms with Crippen LogP contribution in [0.4, 0.5) is 0 Å². The second kappa shape index (κ2) is 5.28. The lowest BCUT2D eigenvalue weighted by atomic mass is 9.71. The Morgan fingerprint density at radius 2 is 2.26 bits per heavy atom. The van der Waals surface area contributed by atoms with E-state index in [1.54, 1.807) is 12.3 Å². The molecule has 2 N–H and O–H groups in total. The zero-order chi connectivity index (χ0) is 14.0.